The van der Waals surface area contributed by atoms with Gasteiger partial charge in [-0.15, -0.1) is 0 Å². The van der Waals surface area contributed by atoms with Crippen LogP contribution in [-0.2, 0) is 4.79 Å². The van der Waals surface area contributed by atoms with Gasteiger partial charge in [-0.2, -0.15) is 5.10 Å². The van der Waals surface area contributed by atoms with Crippen molar-refractivity contribution in [3.63, 3.8) is 0 Å². The zero-order valence-corrected chi connectivity index (χ0v) is 11.5. The first-order valence-electron chi connectivity index (χ1n) is 6.62. The van der Waals surface area contributed by atoms with Crippen molar-refractivity contribution in [2.24, 2.45) is 5.10 Å². The van der Waals surface area contributed by atoms with E-state index in [4.69, 9.17) is 0 Å². The highest BCUT2D eigenvalue weighted by molar-refractivity contribution is 6.04. The number of carbonyl (C=O) groups is 1. The summed E-state index contributed by atoms with van der Waals surface area (Å²) in [5.41, 5.74) is 2.05. The van der Waals surface area contributed by atoms with Crippen LogP contribution >= 0.6 is 0 Å². The number of anilines is 1. The van der Waals surface area contributed by atoms with Gasteiger partial charge in [0.1, 0.15) is 5.78 Å². The number of rotatable bonds is 2. The molecule has 0 saturated heterocycles. The highest BCUT2D eigenvalue weighted by Gasteiger charge is 2.15. The SMILES string of the molecule is CC.CN(/N=C1\CCCC(=O)C1)c1ccccc1. The Morgan fingerprint density at radius 1 is 1.11 bits per heavy atom. The van der Waals surface area contributed by atoms with Crippen LogP contribution in [0.2, 0.25) is 0 Å². The number of Topliss-reactive ketones (excluding diaryl/α,β-unsaturated/α-hetero) is 1. The van der Waals surface area contributed by atoms with Crippen molar-refractivity contribution >= 4 is 17.2 Å². The average molecular weight is 246 g/mol. The molecule has 0 N–H and O–H groups in total. The monoisotopic (exact) mass is 246 g/mol. The van der Waals surface area contributed by atoms with Crippen molar-refractivity contribution < 1.29 is 4.79 Å². The second-order valence-corrected chi connectivity index (χ2v) is 4.09. The lowest BCUT2D eigenvalue weighted by atomic mass is 9.97. The van der Waals surface area contributed by atoms with Crippen LogP contribution in [0.4, 0.5) is 5.69 Å². The van der Waals surface area contributed by atoms with Crippen molar-refractivity contribution in [3.8, 4) is 0 Å². The number of hydrogen-bond acceptors (Lipinski definition) is 3. The lowest BCUT2D eigenvalue weighted by Crippen LogP contribution is -2.19. The lowest BCUT2D eigenvalue weighted by Gasteiger charge is -2.17. The van der Waals surface area contributed by atoms with Crippen LogP contribution in [0.3, 0.4) is 0 Å². The molecule has 1 aromatic rings. The Bertz CT molecular complexity index is 398. The third-order valence-electron chi connectivity index (χ3n) is 2.74. The molecule has 0 aromatic heterocycles. The number of nitrogens with zero attached hydrogens (tertiary/aromatic N) is 2. The van der Waals surface area contributed by atoms with E-state index < -0.39 is 0 Å². The fourth-order valence-corrected chi connectivity index (χ4v) is 1.89. The summed E-state index contributed by atoms with van der Waals surface area (Å²) in [6, 6.07) is 9.97. The minimum absolute atomic E-state index is 0.312. The Hall–Kier alpha value is -1.64. The number of benzene rings is 1. The van der Waals surface area contributed by atoms with Gasteiger partial charge in [-0.1, -0.05) is 32.0 Å². The maximum absolute atomic E-state index is 11.3. The van der Waals surface area contributed by atoms with Gasteiger partial charge < -0.3 is 0 Å². The number of ketones is 1. The summed E-state index contributed by atoms with van der Waals surface area (Å²) >= 11 is 0. The summed E-state index contributed by atoms with van der Waals surface area (Å²) in [5, 5.41) is 6.33. The van der Waals surface area contributed by atoms with E-state index in [1.54, 1.807) is 0 Å². The molecular formula is C15H22N2O. The van der Waals surface area contributed by atoms with Crippen LogP contribution in [0.15, 0.2) is 35.4 Å². The Balaban J connectivity index is 0.000000771. The molecule has 1 fully saturated rings. The Kier molecular flexibility index (Phi) is 6.12. The number of para-hydroxylation sites is 1. The van der Waals surface area contributed by atoms with Gasteiger partial charge in [0.2, 0.25) is 0 Å². The standard InChI is InChI=1S/C13H16N2O.C2H6/c1-15(12-7-3-2-4-8-12)14-11-6-5-9-13(16)10-11;1-2/h2-4,7-8H,5-6,9-10H2,1H3;1-2H3/b14-11+;. The van der Waals surface area contributed by atoms with Crippen LogP contribution in [0.5, 0.6) is 0 Å². The van der Waals surface area contributed by atoms with Crippen molar-refractivity contribution in [1.82, 2.24) is 0 Å². The van der Waals surface area contributed by atoms with E-state index in [2.05, 4.69) is 5.10 Å². The molecule has 0 unspecified atom stereocenters. The van der Waals surface area contributed by atoms with Crippen molar-refractivity contribution in [3.05, 3.63) is 30.3 Å². The van der Waals surface area contributed by atoms with E-state index in [1.165, 1.54) is 0 Å². The number of carbonyl (C=O) groups excluding carboxylic acids is 1. The molecule has 18 heavy (non-hydrogen) atoms. The second-order valence-electron chi connectivity index (χ2n) is 4.09. The second kappa shape index (κ2) is 7.64. The molecule has 0 heterocycles. The van der Waals surface area contributed by atoms with Crippen LogP contribution in [0.25, 0.3) is 0 Å². The topological polar surface area (TPSA) is 32.7 Å². The maximum atomic E-state index is 11.3. The number of hydrazone groups is 1. The summed E-state index contributed by atoms with van der Waals surface area (Å²) in [4.78, 5) is 11.3. The molecule has 2 rings (SSSR count). The molecule has 0 atom stereocenters. The Labute approximate surface area is 110 Å². The molecule has 0 spiro atoms. The first kappa shape index (κ1) is 14.4. The third kappa shape index (κ3) is 4.32. The molecule has 0 amide bonds. The third-order valence-corrected chi connectivity index (χ3v) is 2.74. The van der Waals surface area contributed by atoms with Crippen LogP contribution < -0.4 is 5.01 Å². The minimum atomic E-state index is 0.312. The van der Waals surface area contributed by atoms with E-state index in [0.29, 0.717) is 18.6 Å². The van der Waals surface area contributed by atoms with Crippen molar-refractivity contribution in [1.29, 1.82) is 0 Å². The van der Waals surface area contributed by atoms with Gasteiger partial charge in [-0.3, -0.25) is 9.80 Å². The lowest BCUT2D eigenvalue weighted by molar-refractivity contribution is -0.118. The molecule has 1 aliphatic carbocycles. The molecule has 3 nitrogen and oxygen atoms in total. The highest BCUT2D eigenvalue weighted by atomic mass is 16.1. The van der Waals surface area contributed by atoms with Crippen molar-refractivity contribution in [2.75, 3.05) is 12.1 Å². The summed E-state index contributed by atoms with van der Waals surface area (Å²) in [6.07, 6.45) is 3.13. The van der Waals surface area contributed by atoms with E-state index >= 15 is 0 Å². The summed E-state index contributed by atoms with van der Waals surface area (Å²) in [7, 11) is 1.92. The number of hydrogen-bond donors (Lipinski definition) is 0. The summed E-state index contributed by atoms with van der Waals surface area (Å²) in [5.74, 6) is 0.312. The van der Waals surface area contributed by atoms with Crippen LogP contribution in [-0.4, -0.2) is 18.5 Å². The zero-order valence-electron chi connectivity index (χ0n) is 11.5. The van der Waals surface area contributed by atoms with Gasteiger partial charge in [-0.05, 0) is 25.0 Å². The normalized spacial score (nSPS) is 17.1. The minimum Gasteiger partial charge on any atom is -0.299 e. The van der Waals surface area contributed by atoms with Gasteiger partial charge in [0.15, 0.2) is 0 Å². The molecule has 0 aliphatic heterocycles. The van der Waals surface area contributed by atoms with Gasteiger partial charge in [0.25, 0.3) is 0 Å². The van der Waals surface area contributed by atoms with Gasteiger partial charge >= 0.3 is 0 Å². The molecule has 1 aliphatic rings. The first-order valence-corrected chi connectivity index (χ1v) is 6.62. The largest absolute Gasteiger partial charge is 0.299 e. The van der Waals surface area contributed by atoms with E-state index in [0.717, 1.165) is 24.2 Å². The van der Waals surface area contributed by atoms with Gasteiger partial charge in [0.05, 0.1) is 5.69 Å². The quantitative estimate of drug-likeness (QED) is 0.746. The highest BCUT2D eigenvalue weighted by Crippen LogP contribution is 2.16. The molecule has 98 valence electrons. The summed E-state index contributed by atoms with van der Waals surface area (Å²) in [6.45, 7) is 4.00. The molecule has 0 radical (unpaired) electrons. The maximum Gasteiger partial charge on any atom is 0.138 e. The smallest absolute Gasteiger partial charge is 0.138 e. The first-order chi connectivity index (χ1) is 8.75. The van der Waals surface area contributed by atoms with Crippen molar-refractivity contribution in [2.45, 2.75) is 39.5 Å². The predicted molar refractivity (Wildman–Crippen MR) is 77.1 cm³/mol. The summed E-state index contributed by atoms with van der Waals surface area (Å²) < 4.78 is 0. The zero-order chi connectivity index (χ0) is 13.4. The van der Waals surface area contributed by atoms with Crippen LogP contribution in [0, 0.1) is 0 Å². The Morgan fingerprint density at radius 2 is 1.78 bits per heavy atom. The Morgan fingerprint density at radius 3 is 2.39 bits per heavy atom. The van der Waals surface area contributed by atoms with Gasteiger partial charge in [0, 0.05) is 25.6 Å². The van der Waals surface area contributed by atoms with E-state index in [1.807, 2.05) is 56.2 Å². The average Bonchev–Trinajstić information content (AvgIpc) is 2.42. The molecular weight excluding hydrogens is 224 g/mol. The van der Waals surface area contributed by atoms with Gasteiger partial charge in [-0.25, -0.2) is 0 Å². The van der Waals surface area contributed by atoms with E-state index in [-0.39, 0.29) is 0 Å². The fourth-order valence-electron chi connectivity index (χ4n) is 1.89. The van der Waals surface area contributed by atoms with Crippen LogP contribution in [0.1, 0.15) is 39.5 Å². The molecule has 1 aromatic carbocycles. The predicted octanol–water partition coefficient (Wildman–Crippen LogP) is 3.65. The molecule has 3 heteroatoms. The fraction of sp³-hybridized carbons (Fsp3) is 0.467. The molecule has 1 saturated carbocycles. The van der Waals surface area contributed by atoms with E-state index in [9.17, 15) is 4.79 Å². The molecule has 0 bridgehead atoms.